The van der Waals surface area contributed by atoms with Crippen LogP contribution in [0, 0.1) is 0 Å². The molecule has 0 spiro atoms. The molecule has 70 valence electrons. The monoisotopic (exact) mass is 186 g/mol. The maximum Gasteiger partial charge on any atom is 0.141 e. The molecule has 2 N–H and O–H groups in total. The van der Waals surface area contributed by atoms with E-state index in [0.717, 1.165) is 11.3 Å². The van der Waals surface area contributed by atoms with E-state index in [1.165, 1.54) is 0 Å². The first-order valence-electron chi connectivity index (χ1n) is 4.32. The third-order valence-electron chi connectivity index (χ3n) is 1.85. The Morgan fingerprint density at radius 3 is 2.43 bits per heavy atom. The van der Waals surface area contributed by atoms with Gasteiger partial charge in [0.1, 0.15) is 5.82 Å². The third-order valence-corrected chi connectivity index (χ3v) is 1.85. The summed E-state index contributed by atoms with van der Waals surface area (Å²) in [6.07, 6.45) is 5.21. The van der Waals surface area contributed by atoms with Crippen LogP contribution in [0.25, 0.3) is 11.3 Å². The predicted molar refractivity (Wildman–Crippen MR) is 53.2 cm³/mol. The van der Waals surface area contributed by atoms with Gasteiger partial charge in [0.05, 0.1) is 12.2 Å². The van der Waals surface area contributed by atoms with Crippen LogP contribution in [0.1, 0.15) is 5.82 Å². The standard InChI is InChI=1S/C10H10N4/c11-5-10-13-6-8(7-14-10)9-3-1-2-4-12-9/h1-4,6-7H,5,11H2. The highest BCUT2D eigenvalue weighted by Gasteiger charge is 1.99. The van der Waals surface area contributed by atoms with Crippen molar-refractivity contribution in [3.63, 3.8) is 0 Å². The molecular formula is C10H10N4. The van der Waals surface area contributed by atoms with Gasteiger partial charge in [-0.2, -0.15) is 0 Å². The van der Waals surface area contributed by atoms with E-state index in [1.807, 2.05) is 18.2 Å². The van der Waals surface area contributed by atoms with Gasteiger partial charge in [-0.3, -0.25) is 4.98 Å². The minimum atomic E-state index is 0.364. The summed E-state index contributed by atoms with van der Waals surface area (Å²) in [5.74, 6) is 0.643. The van der Waals surface area contributed by atoms with Gasteiger partial charge in [0.25, 0.3) is 0 Å². The molecule has 14 heavy (non-hydrogen) atoms. The molecule has 2 rings (SSSR count). The number of hydrogen-bond acceptors (Lipinski definition) is 4. The lowest BCUT2D eigenvalue weighted by Gasteiger charge is -1.99. The number of pyridine rings is 1. The van der Waals surface area contributed by atoms with Crippen LogP contribution < -0.4 is 5.73 Å². The van der Waals surface area contributed by atoms with Crippen molar-refractivity contribution in [2.24, 2.45) is 5.73 Å². The van der Waals surface area contributed by atoms with E-state index in [1.54, 1.807) is 18.6 Å². The SMILES string of the molecule is NCc1ncc(-c2ccccn2)cn1. The summed E-state index contributed by atoms with van der Waals surface area (Å²) in [5.41, 5.74) is 7.17. The Morgan fingerprint density at radius 2 is 1.86 bits per heavy atom. The number of rotatable bonds is 2. The van der Waals surface area contributed by atoms with Crippen molar-refractivity contribution >= 4 is 0 Å². The van der Waals surface area contributed by atoms with Gasteiger partial charge in [0.2, 0.25) is 0 Å². The molecule has 2 aromatic rings. The molecule has 0 fully saturated rings. The second-order valence-electron chi connectivity index (χ2n) is 2.81. The zero-order chi connectivity index (χ0) is 9.80. The third kappa shape index (κ3) is 1.75. The fraction of sp³-hybridized carbons (Fsp3) is 0.100. The Balaban J connectivity index is 2.34. The number of nitrogens with zero attached hydrogens (tertiary/aromatic N) is 3. The van der Waals surface area contributed by atoms with Gasteiger partial charge in [-0.1, -0.05) is 6.07 Å². The molecule has 0 radical (unpaired) electrons. The van der Waals surface area contributed by atoms with Crippen molar-refractivity contribution < 1.29 is 0 Å². The van der Waals surface area contributed by atoms with Gasteiger partial charge in [0.15, 0.2) is 0 Å². The minimum Gasteiger partial charge on any atom is -0.324 e. The summed E-state index contributed by atoms with van der Waals surface area (Å²) in [4.78, 5) is 12.4. The van der Waals surface area contributed by atoms with Gasteiger partial charge in [-0.15, -0.1) is 0 Å². The molecule has 0 aliphatic heterocycles. The number of aromatic nitrogens is 3. The average Bonchev–Trinajstić information content (AvgIpc) is 2.30. The Bertz CT molecular complexity index is 396. The Labute approximate surface area is 81.9 Å². The van der Waals surface area contributed by atoms with Crippen molar-refractivity contribution in [1.82, 2.24) is 15.0 Å². The first-order valence-corrected chi connectivity index (χ1v) is 4.32. The maximum absolute atomic E-state index is 5.40. The molecule has 0 saturated heterocycles. The molecule has 0 unspecified atom stereocenters. The smallest absolute Gasteiger partial charge is 0.141 e. The van der Waals surface area contributed by atoms with E-state index in [-0.39, 0.29) is 0 Å². The van der Waals surface area contributed by atoms with E-state index in [2.05, 4.69) is 15.0 Å². The second kappa shape index (κ2) is 3.93. The Morgan fingerprint density at radius 1 is 1.07 bits per heavy atom. The van der Waals surface area contributed by atoms with Crippen LogP contribution in [0.4, 0.5) is 0 Å². The lowest BCUT2D eigenvalue weighted by molar-refractivity contribution is 0.909. The van der Waals surface area contributed by atoms with Crippen LogP contribution in [0.2, 0.25) is 0 Å². The molecule has 0 aromatic carbocycles. The summed E-state index contributed by atoms with van der Waals surface area (Å²) >= 11 is 0. The molecule has 0 amide bonds. The largest absolute Gasteiger partial charge is 0.324 e. The zero-order valence-electron chi connectivity index (χ0n) is 7.59. The van der Waals surface area contributed by atoms with Gasteiger partial charge in [0, 0.05) is 24.2 Å². The first-order chi connectivity index (χ1) is 6.90. The van der Waals surface area contributed by atoms with Crippen molar-refractivity contribution in [3.8, 4) is 11.3 Å². The van der Waals surface area contributed by atoms with Crippen LogP contribution in [0.15, 0.2) is 36.8 Å². The van der Waals surface area contributed by atoms with E-state index in [0.29, 0.717) is 12.4 Å². The quantitative estimate of drug-likeness (QED) is 0.759. The maximum atomic E-state index is 5.40. The van der Waals surface area contributed by atoms with Crippen molar-refractivity contribution in [2.75, 3.05) is 0 Å². The van der Waals surface area contributed by atoms with Crippen LogP contribution in [-0.2, 0) is 6.54 Å². The van der Waals surface area contributed by atoms with Gasteiger partial charge < -0.3 is 5.73 Å². The summed E-state index contributed by atoms with van der Waals surface area (Å²) in [6, 6.07) is 5.72. The van der Waals surface area contributed by atoms with Gasteiger partial charge >= 0.3 is 0 Å². The van der Waals surface area contributed by atoms with Crippen molar-refractivity contribution in [3.05, 3.63) is 42.6 Å². The minimum absolute atomic E-state index is 0.364. The molecule has 0 atom stereocenters. The van der Waals surface area contributed by atoms with Crippen LogP contribution in [0.5, 0.6) is 0 Å². The molecule has 2 heterocycles. The molecular weight excluding hydrogens is 176 g/mol. The highest BCUT2D eigenvalue weighted by atomic mass is 14.9. The zero-order valence-corrected chi connectivity index (χ0v) is 7.59. The van der Waals surface area contributed by atoms with Crippen LogP contribution in [-0.4, -0.2) is 15.0 Å². The van der Waals surface area contributed by atoms with Crippen LogP contribution in [0.3, 0.4) is 0 Å². The Kier molecular flexibility index (Phi) is 2.46. The predicted octanol–water partition coefficient (Wildman–Crippen LogP) is 0.997. The van der Waals surface area contributed by atoms with Gasteiger partial charge in [-0.25, -0.2) is 9.97 Å². The lowest BCUT2D eigenvalue weighted by atomic mass is 10.2. The van der Waals surface area contributed by atoms with Crippen molar-refractivity contribution in [2.45, 2.75) is 6.54 Å². The molecule has 4 nitrogen and oxygen atoms in total. The molecule has 0 bridgehead atoms. The van der Waals surface area contributed by atoms with Crippen molar-refractivity contribution in [1.29, 1.82) is 0 Å². The topological polar surface area (TPSA) is 64.7 Å². The van der Waals surface area contributed by atoms with E-state index in [9.17, 15) is 0 Å². The van der Waals surface area contributed by atoms with Gasteiger partial charge in [-0.05, 0) is 12.1 Å². The first kappa shape index (κ1) is 8.77. The average molecular weight is 186 g/mol. The lowest BCUT2D eigenvalue weighted by Crippen LogP contribution is -2.02. The number of nitrogens with two attached hydrogens (primary N) is 1. The fourth-order valence-corrected chi connectivity index (χ4v) is 1.13. The molecule has 0 saturated carbocycles. The Hall–Kier alpha value is -1.81. The highest BCUT2D eigenvalue weighted by Crippen LogP contribution is 2.12. The summed E-state index contributed by atoms with van der Waals surface area (Å²) in [6.45, 7) is 0.364. The molecule has 0 aliphatic carbocycles. The molecule has 2 aromatic heterocycles. The van der Waals surface area contributed by atoms with E-state index in [4.69, 9.17) is 5.73 Å². The fourth-order valence-electron chi connectivity index (χ4n) is 1.13. The molecule has 4 heteroatoms. The summed E-state index contributed by atoms with van der Waals surface area (Å²) in [5, 5.41) is 0. The van der Waals surface area contributed by atoms with E-state index < -0.39 is 0 Å². The second-order valence-corrected chi connectivity index (χ2v) is 2.81. The van der Waals surface area contributed by atoms with E-state index >= 15 is 0 Å². The molecule has 0 aliphatic rings. The normalized spacial score (nSPS) is 10.1. The van der Waals surface area contributed by atoms with Crippen LogP contribution >= 0.6 is 0 Å². The highest BCUT2D eigenvalue weighted by molar-refractivity contribution is 5.55. The summed E-state index contributed by atoms with van der Waals surface area (Å²) in [7, 11) is 0. The summed E-state index contributed by atoms with van der Waals surface area (Å²) < 4.78 is 0. The number of hydrogen-bond donors (Lipinski definition) is 1.